The first-order chi connectivity index (χ1) is 11.5. The fourth-order valence-electron chi connectivity index (χ4n) is 5.25. The van der Waals surface area contributed by atoms with Gasteiger partial charge in [0.15, 0.2) is 6.61 Å². The van der Waals surface area contributed by atoms with Gasteiger partial charge in [-0.1, -0.05) is 0 Å². The Hall–Kier alpha value is -1.56. The number of rotatable bonds is 6. The lowest BCUT2D eigenvalue weighted by Gasteiger charge is -2.55. The van der Waals surface area contributed by atoms with Gasteiger partial charge in [0, 0.05) is 5.69 Å². The highest BCUT2D eigenvalue weighted by Gasteiger charge is 2.54. The molecule has 3 N–H and O–H groups in total. The van der Waals surface area contributed by atoms with Crippen LogP contribution in [0.1, 0.15) is 38.5 Å². The van der Waals surface area contributed by atoms with Crippen LogP contribution >= 0.6 is 0 Å². The van der Waals surface area contributed by atoms with E-state index >= 15 is 0 Å². The number of nitrogens with two attached hydrogens (primary N) is 1. The Morgan fingerprint density at radius 3 is 2.17 bits per heavy atom. The molecular formula is C18H24N2O3S. The summed E-state index contributed by atoms with van der Waals surface area (Å²) in [5.74, 6) is 2.43. The first kappa shape index (κ1) is 15.9. The Balaban J connectivity index is 1.42. The van der Waals surface area contributed by atoms with E-state index in [0.29, 0.717) is 5.75 Å². The van der Waals surface area contributed by atoms with Crippen LogP contribution in [-0.2, 0) is 15.8 Å². The molecular weight excluding hydrogens is 324 g/mol. The zero-order chi connectivity index (χ0) is 16.7. The average Bonchev–Trinajstić information content (AvgIpc) is 2.53. The van der Waals surface area contributed by atoms with Gasteiger partial charge in [0.2, 0.25) is 0 Å². The number of ether oxygens (including phenoxy) is 1. The van der Waals surface area contributed by atoms with Crippen molar-refractivity contribution in [1.29, 1.82) is 0 Å². The van der Waals surface area contributed by atoms with Gasteiger partial charge >= 0.3 is 0 Å². The van der Waals surface area contributed by atoms with Gasteiger partial charge in [0.1, 0.15) is 16.7 Å². The van der Waals surface area contributed by atoms with Crippen molar-refractivity contribution in [1.82, 2.24) is 0 Å². The Morgan fingerprint density at radius 1 is 1.12 bits per heavy atom. The summed E-state index contributed by atoms with van der Waals surface area (Å²) in [5.41, 5.74) is 5.89. The van der Waals surface area contributed by atoms with Crippen LogP contribution in [0.4, 0.5) is 5.69 Å². The molecule has 5 rings (SSSR count). The Kier molecular flexibility index (Phi) is 4.03. The van der Waals surface area contributed by atoms with E-state index in [0.717, 1.165) is 42.7 Å². The predicted octanol–water partition coefficient (Wildman–Crippen LogP) is 2.60. The maximum absolute atomic E-state index is 13.1. The van der Waals surface area contributed by atoms with Gasteiger partial charge in [-0.05, 0) is 80.5 Å². The van der Waals surface area contributed by atoms with E-state index in [1.807, 2.05) is 12.1 Å². The minimum absolute atomic E-state index is 0.0319. The molecule has 1 aromatic rings. The quantitative estimate of drug-likeness (QED) is 0.829. The second-order valence-electron chi connectivity index (χ2n) is 7.75. The first-order valence-corrected chi connectivity index (χ1v) is 9.87. The molecule has 4 fully saturated rings. The van der Waals surface area contributed by atoms with Gasteiger partial charge < -0.3 is 15.2 Å². The topological polar surface area (TPSA) is 81.4 Å². The molecule has 0 spiro atoms. The van der Waals surface area contributed by atoms with Crippen LogP contribution in [0.5, 0.6) is 5.75 Å². The average molecular weight is 348 g/mol. The van der Waals surface area contributed by atoms with Crippen LogP contribution in [0.25, 0.3) is 0 Å². The van der Waals surface area contributed by atoms with Crippen LogP contribution in [-0.4, -0.2) is 21.5 Å². The second kappa shape index (κ2) is 6.06. The first-order valence-electron chi connectivity index (χ1n) is 8.72. The van der Waals surface area contributed by atoms with E-state index in [1.54, 1.807) is 12.1 Å². The van der Waals surface area contributed by atoms with Crippen molar-refractivity contribution >= 4 is 22.6 Å². The maximum Gasteiger partial charge on any atom is 0.255 e. The number of hydrogen-bond acceptors (Lipinski definition) is 3. The normalized spacial score (nSPS) is 34.8. The Bertz CT molecular complexity index is 623. The molecule has 6 heteroatoms. The molecule has 0 aliphatic heterocycles. The molecule has 1 aromatic carbocycles. The van der Waals surface area contributed by atoms with Crippen LogP contribution in [0.15, 0.2) is 24.3 Å². The lowest BCUT2D eigenvalue weighted by Crippen LogP contribution is -2.54. The van der Waals surface area contributed by atoms with E-state index in [4.69, 9.17) is 10.5 Å². The lowest BCUT2D eigenvalue weighted by atomic mass is 9.56. The molecule has 5 nitrogen and oxygen atoms in total. The van der Waals surface area contributed by atoms with Gasteiger partial charge in [-0.3, -0.25) is 4.79 Å². The highest BCUT2D eigenvalue weighted by molar-refractivity contribution is 7.87. The molecule has 0 radical (unpaired) electrons. The summed E-state index contributed by atoms with van der Waals surface area (Å²) in [5, 5.41) is 0. The number of nitrogens with one attached hydrogen (secondary N) is 1. The van der Waals surface area contributed by atoms with Crippen molar-refractivity contribution in [2.45, 2.75) is 43.3 Å². The van der Waals surface area contributed by atoms with Crippen molar-refractivity contribution in [3.63, 3.8) is 0 Å². The second-order valence-corrected chi connectivity index (χ2v) is 9.36. The molecule has 1 atom stereocenters. The molecule has 1 unspecified atom stereocenters. The summed E-state index contributed by atoms with van der Waals surface area (Å²) in [7, 11) is -1.06. The minimum Gasteiger partial charge on any atom is -0.484 e. The largest absolute Gasteiger partial charge is 0.484 e. The van der Waals surface area contributed by atoms with Crippen LogP contribution in [0.2, 0.25) is 0 Å². The van der Waals surface area contributed by atoms with Crippen molar-refractivity contribution in [3.8, 4) is 5.75 Å². The van der Waals surface area contributed by atoms with Gasteiger partial charge in [-0.2, -0.15) is 0 Å². The molecule has 130 valence electrons. The molecule has 4 bridgehead atoms. The highest BCUT2D eigenvalue weighted by Crippen LogP contribution is 2.57. The number of benzene rings is 1. The van der Waals surface area contributed by atoms with Gasteiger partial charge in [0.05, 0.1) is 4.75 Å². The summed E-state index contributed by atoms with van der Waals surface area (Å²) in [4.78, 5) is 10.7. The molecule has 4 aliphatic rings. The standard InChI is InChI=1S/C18H24N2O3S/c19-17(21)11-23-16-3-1-15(2-4-16)20-24(22)18-8-12-5-13(9-18)7-14(6-12)10-18/h1-4,12-14,20H,5-11H2,(H2,19,21). The number of primary amides is 1. The highest BCUT2D eigenvalue weighted by atomic mass is 32.2. The van der Waals surface area contributed by atoms with E-state index in [1.165, 1.54) is 19.3 Å². The van der Waals surface area contributed by atoms with Gasteiger partial charge in [0.25, 0.3) is 5.91 Å². The fourth-order valence-corrected chi connectivity index (χ4v) is 6.98. The molecule has 4 aliphatic carbocycles. The van der Waals surface area contributed by atoms with Crippen molar-refractivity contribution < 1.29 is 13.7 Å². The third kappa shape index (κ3) is 3.04. The number of hydrogen-bond donors (Lipinski definition) is 2. The SMILES string of the molecule is NC(=O)COc1ccc(NS(=O)C23CC4CC(CC(C4)C2)C3)cc1. The Labute approximate surface area is 144 Å². The van der Waals surface area contributed by atoms with Crippen LogP contribution < -0.4 is 15.2 Å². The van der Waals surface area contributed by atoms with E-state index in [9.17, 15) is 9.00 Å². The number of carbonyl (C=O) groups is 1. The molecule has 1 amide bonds. The summed E-state index contributed by atoms with van der Waals surface area (Å²) < 4.78 is 21.5. The van der Waals surface area contributed by atoms with Gasteiger partial charge in [-0.25, -0.2) is 4.21 Å². The predicted molar refractivity (Wildman–Crippen MR) is 93.8 cm³/mol. The van der Waals surface area contributed by atoms with E-state index < -0.39 is 16.9 Å². The van der Waals surface area contributed by atoms with Crippen molar-refractivity contribution in [2.75, 3.05) is 11.3 Å². The lowest BCUT2D eigenvalue weighted by molar-refractivity contribution is -0.119. The zero-order valence-corrected chi connectivity index (χ0v) is 14.5. The van der Waals surface area contributed by atoms with Crippen LogP contribution in [0, 0.1) is 17.8 Å². The summed E-state index contributed by atoms with van der Waals surface area (Å²) in [6.45, 7) is -0.133. The number of amides is 1. The van der Waals surface area contributed by atoms with E-state index in [2.05, 4.69) is 4.72 Å². The van der Waals surface area contributed by atoms with Crippen molar-refractivity contribution in [3.05, 3.63) is 24.3 Å². The summed E-state index contributed by atoms with van der Waals surface area (Å²) in [6, 6.07) is 7.22. The monoisotopic (exact) mass is 348 g/mol. The molecule has 24 heavy (non-hydrogen) atoms. The maximum atomic E-state index is 13.1. The fraction of sp³-hybridized carbons (Fsp3) is 0.611. The van der Waals surface area contributed by atoms with Gasteiger partial charge in [-0.15, -0.1) is 0 Å². The molecule has 0 heterocycles. The number of carbonyl (C=O) groups excluding carboxylic acids is 1. The third-order valence-electron chi connectivity index (χ3n) is 5.82. The third-order valence-corrected chi connectivity index (χ3v) is 7.53. The molecule has 0 aromatic heterocycles. The summed E-state index contributed by atoms with van der Waals surface area (Å²) >= 11 is 0. The minimum atomic E-state index is -1.06. The smallest absolute Gasteiger partial charge is 0.255 e. The van der Waals surface area contributed by atoms with Crippen molar-refractivity contribution in [2.24, 2.45) is 23.5 Å². The molecule has 4 saturated carbocycles. The van der Waals surface area contributed by atoms with E-state index in [-0.39, 0.29) is 11.4 Å². The zero-order valence-electron chi connectivity index (χ0n) is 13.7. The Morgan fingerprint density at radius 2 is 1.67 bits per heavy atom. The molecule has 0 saturated heterocycles. The van der Waals surface area contributed by atoms with Crippen LogP contribution in [0.3, 0.4) is 0 Å². The summed E-state index contributed by atoms with van der Waals surface area (Å²) in [6.07, 6.45) is 7.38. The number of anilines is 1.